The normalized spacial score (nSPS) is 10.6. The third-order valence-corrected chi connectivity index (χ3v) is 3.01. The van der Waals surface area contributed by atoms with Crippen molar-refractivity contribution in [3.63, 3.8) is 0 Å². The van der Waals surface area contributed by atoms with Gasteiger partial charge in [0.05, 0.1) is 0 Å². The molecule has 1 N–H and O–H groups in total. The van der Waals surface area contributed by atoms with E-state index in [2.05, 4.69) is 23.3 Å². The number of nitrogens with one attached hydrogen (secondary N) is 1. The fourth-order valence-electron chi connectivity index (χ4n) is 1.73. The fourth-order valence-corrected chi connectivity index (χ4v) is 2.26. The summed E-state index contributed by atoms with van der Waals surface area (Å²) in [6, 6.07) is 7.60. The zero-order chi connectivity index (χ0) is 13.0. The molecule has 0 fully saturated rings. The molecule has 0 saturated heterocycles. The van der Waals surface area contributed by atoms with Gasteiger partial charge in [0, 0.05) is 34.5 Å². The molecule has 2 rings (SSSR count). The van der Waals surface area contributed by atoms with Gasteiger partial charge < -0.3 is 5.32 Å². The molecule has 0 atom stereocenters. The zero-order valence-electron chi connectivity index (χ0n) is 10.1. The minimum Gasteiger partial charge on any atom is -0.313 e. The van der Waals surface area contributed by atoms with Crippen LogP contribution in [0.5, 0.6) is 0 Å². The predicted molar refractivity (Wildman–Crippen MR) is 77.1 cm³/mol. The summed E-state index contributed by atoms with van der Waals surface area (Å²) in [7, 11) is 0. The van der Waals surface area contributed by atoms with Gasteiger partial charge in [-0.15, -0.1) is 0 Å². The Bertz CT molecular complexity index is 521. The van der Waals surface area contributed by atoms with Gasteiger partial charge in [0.1, 0.15) is 0 Å². The Balaban J connectivity index is 2.32. The Kier molecular flexibility index (Phi) is 4.59. The lowest BCUT2D eigenvalue weighted by atomic mass is 10.1. The third kappa shape index (κ3) is 3.45. The molecule has 0 bridgehead atoms. The van der Waals surface area contributed by atoms with Crippen molar-refractivity contribution >= 4 is 23.2 Å². The highest BCUT2D eigenvalue weighted by Crippen LogP contribution is 2.27. The Morgan fingerprint density at radius 2 is 1.72 bits per heavy atom. The minimum atomic E-state index is 0.634. The van der Waals surface area contributed by atoms with Gasteiger partial charge in [-0.25, -0.2) is 0 Å². The van der Waals surface area contributed by atoms with Gasteiger partial charge >= 0.3 is 0 Å². The molecule has 0 amide bonds. The predicted octanol–water partition coefficient (Wildman–Crippen LogP) is 4.16. The molecule has 0 saturated carbocycles. The topological polar surface area (TPSA) is 24.9 Å². The molecule has 0 aliphatic carbocycles. The lowest BCUT2D eigenvalue weighted by molar-refractivity contribution is 0.724. The van der Waals surface area contributed by atoms with E-state index in [4.69, 9.17) is 23.2 Å². The first-order valence-electron chi connectivity index (χ1n) is 5.80. The van der Waals surface area contributed by atoms with Gasteiger partial charge in [-0.2, -0.15) is 0 Å². The lowest BCUT2D eigenvalue weighted by Crippen LogP contribution is -2.11. The van der Waals surface area contributed by atoms with Crippen LogP contribution in [-0.4, -0.2) is 11.5 Å². The van der Waals surface area contributed by atoms with Gasteiger partial charge in [-0.1, -0.05) is 30.1 Å². The molecule has 2 nitrogen and oxygen atoms in total. The fraction of sp³-hybridized carbons (Fsp3) is 0.214. The van der Waals surface area contributed by atoms with E-state index in [-0.39, 0.29) is 0 Å². The van der Waals surface area contributed by atoms with Crippen LogP contribution < -0.4 is 5.32 Å². The second-order valence-corrected chi connectivity index (χ2v) is 4.89. The van der Waals surface area contributed by atoms with Gasteiger partial charge in [-0.3, -0.25) is 4.98 Å². The standard InChI is InChI=1S/C14H14Cl2N2/c1-2-17-7-10-3-12(9-18-8-10)11-4-13(15)6-14(16)5-11/h3-6,8-9,17H,2,7H2,1H3. The van der Waals surface area contributed by atoms with Gasteiger partial charge in [-0.05, 0) is 41.9 Å². The molecule has 2 aromatic rings. The van der Waals surface area contributed by atoms with E-state index in [1.165, 1.54) is 0 Å². The van der Waals surface area contributed by atoms with Crippen molar-refractivity contribution < 1.29 is 0 Å². The highest BCUT2D eigenvalue weighted by atomic mass is 35.5. The number of nitrogens with zero attached hydrogens (tertiary/aromatic N) is 1. The molecule has 1 heterocycles. The molecule has 4 heteroatoms. The monoisotopic (exact) mass is 280 g/mol. The van der Waals surface area contributed by atoms with Crippen LogP contribution in [0.1, 0.15) is 12.5 Å². The minimum absolute atomic E-state index is 0.634. The second kappa shape index (κ2) is 6.19. The van der Waals surface area contributed by atoms with E-state index in [0.29, 0.717) is 10.0 Å². The summed E-state index contributed by atoms with van der Waals surface area (Å²) in [5, 5.41) is 4.54. The van der Waals surface area contributed by atoms with Crippen LogP contribution in [0.3, 0.4) is 0 Å². The van der Waals surface area contributed by atoms with Crippen molar-refractivity contribution in [1.82, 2.24) is 10.3 Å². The van der Waals surface area contributed by atoms with Crippen molar-refractivity contribution in [2.75, 3.05) is 6.54 Å². The Hall–Kier alpha value is -1.09. The van der Waals surface area contributed by atoms with Gasteiger partial charge in [0.15, 0.2) is 0 Å². The van der Waals surface area contributed by atoms with E-state index >= 15 is 0 Å². The first-order valence-corrected chi connectivity index (χ1v) is 6.55. The summed E-state index contributed by atoms with van der Waals surface area (Å²) >= 11 is 12.0. The van der Waals surface area contributed by atoms with Crippen LogP contribution in [0.25, 0.3) is 11.1 Å². The summed E-state index contributed by atoms with van der Waals surface area (Å²) < 4.78 is 0. The van der Waals surface area contributed by atoms with Crippen molar-refractivity contribution in [3.8, 4) is 11.1 Å². The van der Waals surface area contributed by atoms with Crippen molar-refractivity contribution in [2.24, 2.45) is 0 Å². The van der Waals surface area contributed by atoms with E-state index in [0.717, 1.165) is 29.8 Å². The Labute approximate surface area is 117 Å². The smallest absolute Gasteiger partial charge is 0.0426 e. The number of halogens is 2. The molecule has 1 aromatic carbocycles. The van der Waals surface area contributed by atoms with Crippen LogP contribution in [0.4, 0.5) is 0 Å². The number of pyridine rings is 1. The number of aromatic nitrogens is 1. The van der Waals surface area contributed by atoms with E-state index in [1.807, 2.05) is 24.5 Å². The average molecular weight is 281 g/mol. The number of hydrogen-bond acceptors (Lipinski definition) is 2. The van der Waals surface area contributed by atoms with Crippen molar-refractivity contribution in [3.05, 3.63) is 52.3 Å². The zero-order valence-corrected chi connectivity index (χ0v) is 11.6. The Morgan fingerprint density at radius 1 is 1.00 bits per heavy atom. The molecule has 1 aromatic heterocycles. The van der Waals surface area contributed by atoms with E-state index in [1.54, 1.807) is 6.07 Å². The number of benzene rings is 1. The molecule has 18 heavy (non-hydrogen) atoms. The van der Waals surface area contributed by atoms with Gasteiger partial charge in [0.2, 0.25) is 0 Å². The summed E-state index contributed by atoms with van der Waals surface area (Å²) in [6.07, 6.45) is 3.68. The average Bonchev–Trinajstić information content (AvgIpc) is 2.35. The lowest BCUT2D eigenvalue weighted by Gasteiger charge is -2.06. The maximum Gasteiger partial charge on any atom is 0.0426 e. The van der Waals surface area contributed by atoms with Crippen LogP contribution >= 0.6 is 23.2 Å². The SMILES string of the molecule is CCNCc1cncc(-c2cc(Cl)cc(Cl)c2)c1. The van der Waals surface area contributed by atoms with E-state index < -0.39 is 0 Å². The van der Waals surface area contributed by atoms with Crippen LogP contribution in [0.2, 0.25) is 10.0 Å². The van der Waals surface area contributed by atoms with Crippen LogP contribution in [-0.2, 0) is 6.54 Å². The Morgan fingerprint density at radius 3 is 2.39 bits per heavy atom. The molecular weight excluding hydrogens is 267 g/mol. The highest BCUT2D eigenvalue weighted by molar-refractivity contribution is 6.35. The maximum atomic E-state index is 6.01. The molecule has 0 spiro atoms. The quantitative estimate of drug-likeness (QED) is 0.910. The van der Waals surface area contributed by atoms with Gasteiger partial charge in [0.25, 0.3) is 0 Å². The number of rotatable bonds is 4. The van der Waals surface area contributed by atoms with Crippen molar-refractivity contribution in [1.29, 1.82) is 0 Å². The largest absolute Gasteiger partial charge is 0.313 e. The molecule has 0 radical (unpaired) electrons. The molecule has 94 valence electrons. The maximum absolute atomic E-state index is 6.01. The summed E-state index contributed by atoms with van der Waals surface area (Å²) in [6.45, 7) is 3.83. The summed E-state index contributed by atoms with van der Waals surface area (Å²) in [4.78, 5) is 4.25. The molecule has 0 aliphatic heterocycles. The van der Waals surface area contributed by atoms with Crippen LogP contribution in [0.15, 0.2) is 36.7 Å². The molecular formula is C14H14Cl2N2. The van der Waals surface area contributed by atoms with Crippen molar-refractivity contribution in [2.45, 2.75) is 13.5 Å². The second-order valence-electron chi connectivity index (χ2n) is 4.02. The third-order valence-electron chi connectivity index (χ3n) is 2.57. The first-order chi connectivity index (χ1) is 8.69. The highest BCUT2D eigenvalue weighted by Gasteiger charge is 2.03. The van der Waals surface area contributed by atoms with Crippen LogP contribution in [0, 0.1) is 0 Å². The molecule has 0 unspecified atom stereocenters. The van der Waals surface area contributed by atoms with E-state index in [9.17, 15) is 0 Å². The molecule has 0 aliphatic rings. The number of hydrogen-bond donors (Lipinski definition) is 1. The summed E-state index contributed by atoms with van der Waals surface area (Å²) in [5.74, 6) is 0. The first kappa shape index (κ1) is 13.3. The summed E-state index contributed by atoms with van der Waals surface area (Å²) in [5.41, 5.74) is 3.15.